The number of nitrogens with zero attached hydrogens (tertiary/aromatic N) is 2. The maximum Gasteiger partial charge on any atom is 0.236 e. The van der Waals surface area contributed by atoms with Crippen LogP contribution in [0.25, 0.3) is 0 Å². The molecule has 2 aromatic rings. The van der Waals surface area contributed by atoms with Crippen molar-refractivity contribution in [1.82, 2.24) is 4.90 Å². The van der Waals surface area contributed by atoms with E-state index in [0.717, 1.165) is 10.7 Å². The molecule has 0 saturated heterocycles. The first-order valence-electron chi connectivity index (χ1n) is 7.10. The van der Waals surface area contributed by atoms with Crippen LogP contribution in [-0.2, 0) is 11.3 Å². The summed E-state index contributed by atoms with van der Waals surface area (Å²) in [6, 6.07) is 15.6. The molecule has 1 aromatic carbocycles. The Kier molecular flexibility index (Phi) is 6.11. The highest BCUT2D eigenvalue weighted by molar-refractivity contribution is 8.00. The van der Waals surface area contributed by atoms with Gasteiger partial charge < -0.3 is 9.32 Å². The van der Waals surface area contributed by atoms with Gasteiger partial charge in [0, 0.05) is 11.4 Å². The van der Waals surface area contributed by atoms with Gasteiger partial charge in [0.1, 0.15) is 5.76 Å². The van der Waals surface area contributed by atoms with Gasteiger partial charge in [-0.3, -0.25) is 4.79 Å². The maximum atomic E-state index is 12.6. The second kappa shape index (κ2) is 8.30. The fraction of sp³-hybridized carbons (Fsp3) is 0.294. The second-order valence-electron chi connectivity index (χ2n) is 4.82. The summed E-state index contributed by atoms with van der Waals surface area (Å²) in [4.78, 5) is 15.4. The highest BCUT2D eigenvalue weighted by Gasteiger charge is 2.22. The van der Waals surface area contributed by atoms with Crippen molar-refractivity contribution in [2.75, 3.05) is 6.54 Å². The highest BCUT2D eigenvalue weighted by Crippen LogP contribution is 2.24. The number of thioether (sulfide) groups is 1. The Balaban J connectivity index is 2.02. The van der Waals surface area contributed by atoms with Gasteiger partial charge in [0.15, 0.2) is 0 Å². The smallest absolute Gasteiger partial charge is 0.236 e. The van der Waals surface area contributed by atoms with Gasteiger partial charge in [-0.05, 0) is 31.2 Å². The summed E-state index contributed by atoms with van der Waals surface area (Å²) in [5.74, 6) is 0.740. The number of rotatable bonds is 7. The molecule has 1 heterocycles. The summed E-state index contributed by atoms with van der Waals surface area (Å²) in [7, 11) is 0. The lowest BCUT2D eigenvalue weighted by Gasteiger charge is -2.24. The first-order valence-corrected chi connectivity index (χ1v) is 7.98. The molecule has 0 aliphatic rings. The van der Waals surface area contributed by atoms with E-state index in [1.54, 1.807) is 17.2 Å². The molecule has 2 rings (SSSR count). The van der Waals surface area contributed by atoms with Crippen LogP contribution < -0.4 is 0 Å². The quantitative estimate of drug-likeness (QED) is 0.731. The minimum Gasteiger partial charge on any atom is -0.467 e. The maximum absolute atomic E-state index is 12.6. The van der Waals surface area contributed by atoms with E-state index in [9.17, 15) is 4.79 Å². The SMILES string of the molecule is CC(Sc1ccccc1)C(=O)N(CCC#N)Cc1ccco1. The van der Waals surface area contributed by atoms with Gasteiger partial charge in [-0.1, -0.05) is 18.2 Å². The number of benzene rings is 1. The Labute approximate surface area is 134 Å². The summed E-state index contributed by atoms with van der Waals surface area (Å²) in [5.41, 5.74) is 0. The summed E-state index contributed by atoms with van der Waals surface area (Å²) in [5, 5.41) is 8.57. The van der Waals surface area contributed by atoms with E-state index in [0.29, 0.717) is 19.5 Å². The Hall–Kier alpha value is -2.19. The van der Waals surface area contributed by atoms with Gasteiger partial charge in [-0.25, -0.2) is 0 Å². The molecule has 0 saturated carbocycles. The largest absolute Gasteiger partial charge is 0.467 e. The molecule has 0 bridgehead atoms. The first-order chi connectivity index (χ1) is 10.7. The minimum absolute atomic E-state index is 0.0144. The Morgan fingerprint density at radius 2 is 2.09 bits per heavy atom. The lowest BCUT2D eigenvalue weighted by atomic mass is 10.3. The van der Waals surface area contributed by atoms with E-state index in [4.69, 9.17) is 9.68 Å². The molecule has 0 radical (unpaired) electrons. The molecule has 0 aliphatic carbocycles. The van der Waals surface area contributed by atoms with Crippen molar-refractivity contribution in [3.05, 3.63) is 54.5 Å². The second-order valence-corrected chi connectivity index (χ2v) is 6.23. The molecule has 1 atom stereocenters. The van der Waals surface area contributed by atoms with E-state index >= 15 is 0 Å². The molecular formula is C17H18N2O2S. The van der Waals surface area contributed by atoms with Crippen LogP contribution in [0.15, 0.2) is 58.0 Å². The van der Waals surface area contributed by atoms with E-state index in [-0.39, 0.29) is 11.2 Å². The Morgan fingerprint density at radius 3 is 2.73 bits per heavy atom. The number of amides is 1. The average Bonchev–Trinajstić information content (AvgIpc) is 3.04. The summed E-state index contributed by atoms with van der Waals surface area (Å²) >= 11 is 1.52. The highest BCUT2D eigenvalue weighted by atomic mass is 32.2. The van der Waals surface area contributed by atoms with Crippen LogP contribution in [0.2, 0.25) is 0 Å². The van der Waals surface area contributed by atoms with Crippen molar-refractivity contribution in [2.24, 2.45) is 0 Å². The zero-order valence-corrected chi connectivity index (χ0v) is 13.3. The van der Waals surface area contributed by atoms with Crippen LogP contribution in [0, 0.1) is 11.3 Å². The van der Waals surface area contributed by atoms with Gasteiger partial charge in [-0.15, -0.1) is 11.8 Å². The number of nitriles is 1. The van der Waals surface area contributed by atoms with Crippen molar-refractivity contribution < 1.29 is 9.21 Å². The lowest BCUT2D eigenvalue weighted by molar-refractivity contribution is -0.131. The average molecular weight is 314 g/mol. The van der Waals surface area contributed by atoms with Crippen molar-refractivity contribution in [1.29, 1.82) is 5.26 Å². The van der Waals surface area contributed by atoms with Crippen molar-refractivity contribution >= 4 is 17.7 Å². The van der Waals surface area contributed by atoms with Crippen LogP contribution in [0.3, 0.4) is 0 Å². The summed E-state index contributed by atoms with van der Waals surface area (Å²) in [6.07, 6.45) is 1.90. The van der Waals surface area contributed by atoms with Gasteiger partial charge in [0.05, 0.1) is 30.5 Å². The molecule has 0 fully saturated rings. The molecule has 0 spiro atoms. The monoisotopic (exact) mass is 314 g/mol. The third-order valence-corrected chi connectivity index (χ3v) is 4.24. The molecule has 0 N–H and O–H groups in total. The number of furan rings is 1. The molecule has 1 aromatic heterocycles. The zero-order valence-electron chi connectivity index (χ0n) is 12.4. The van der Waals surface area contributed by atoms with Crippen LogP contribution in [-0.4, -0.2) is 22.6 Å². The summed E-state index contributed by atoms with van der Waals surface area (Å²) < 4.78 is 5.31. The van der Waals surface area contributed by atoms with Gasteiger partial charge in [-0.2, -0.15) is 5.26 Å². The normalized spacial score (nSPS) is 11.6. The van der Waals surface area contributed by atoms with Crippen LogP contribution in [0.5, 0.6) is 0 Å². The molecular weight excluding hydrogens is 296 g/mol. The predicted octanol–water partition coefficient (Wildman–Crippen LogP) is 3.70. The Morgan fingerprint density at radius 1 is 1.32 bits per heavy atom. The van der Waals surface area contributed by atoms with E-state index < -0.39 is 0 Å². The fourth-order valence-corrected chi connectivity index (χ4v) is 3.03. The molecule has 1 unspecified atom stereocenters. The van der Waals surface area contributed by atoms with Crippen molar-refractivity contribution in [3.63, 3.8) is 0 Å². The van der Waals surface area contributed by atoms with E-state index in [1.165, 1.54) is 11.8 Å². The number of hydrogen-bond donors (Lipinski definition) is 0. The summed E-state index contributed by atoms with van der Waals surface area (Å²) in [6.45, 7) is 2.70. The predicted molar refractivity (Wildman–Crippen MR) is 86.1 cm³/mol. The molecule has 22 heavy (non-hydrogen) atoms. The molecule has 4 nitrogen and oxygen atoms in total. The number of hydrogen-bond acceptors (Lipinski definition) is 4. The van der Waals surface area contributed by atoms with Crippen LogP contribution in [0.4, 0.5) is 0 Å². The third-order valence-electron chi connectivity index (χ3n) is 3.14. The van der Waals surface area contributed by atoms with Gasteiger partial charge in [0.25, 0.3) is 0 Å². The van der Waals surface area contributed by atoms with Crippen molar-refractivity contribution in [2.45, 2.75) is 30.0 Å². The minimum atomic E-state index is -0.212. The van der Waals surface area contributed by atoms with Crippen molar-refractivity contribution in [3.8, 4) is 6.07 Å². The number of carbonyl (C=O) groups is 1. The van der Waals surface area contributed by atoms with E-state index in [1.807, 2.05) is 43.3 Å². The fourth-order valence-electron chi connectivity index (χ4n) is 2.05. The molecule has 0 aliphatic heterocycles. The third kappa shape index (κ3) is 4.68. The van der Waals surface area contributed by atoms with E-state index in [2.05, 4.69) is 6.07 Å². The molecule has 5 heteroatoms. The Bertz CT molecular complexity index is 620. The topological polar surface area (TPSA) is 57.2 Å². The molecule has 1 amide bonds. The first kappa shape index (κ1) is 16.2. The number of carbonyl (C=O) groups excluding carboxylic acids is 1. The standard InChI is InChI=1S/C17H18N2O2S/c1-14(22-16-8-3-2-4-9-16)17(20)19(11-6-10-18)13-15-7-5-12-21-15/h2-5,7-9,12,14H,6,11,13H2,1H3. The van der Waals surface area contributed by atoms with Gasteiger partial charge >= 0.3 is 0 Å². The zero-order chi connectivity index (χ0) is 15.8. The van der Waals surface area contributed by atoms with Crippen LogP contribution in [0.1, 0.15) is 19.1 Å². The van der Waals surface area contributed by atoms with Gasteiger partial charge in [0.2, 0.25) is 5.91 Å². The molecule has 114 valence electrons. The van der Waals surface area contributed by atoms with Crippen LogP contribution >= 0.6 is 11.8 Å². The lowest BCUT2D eigenvalue weighted by Crippen LogP contribution is -2.36.